The molecule has 0 unspecified atom stereocenters. The van der Waals surface area contributed by atoms with E-state index >= 15 is 0 Å². The molecule has 0 aliphatic heterocycles. The third-order valence-electron chi connectivity index (χ3n) is 3.33. The number of carbonyl (C=O) groups is 1. The number of pyridine rings is 1. The Labute approximate surface area is 103 Å². The highest BCUT2D eigenvalue weighted by Gasteiger charge is 2.25. The van der Waals surface area contributed by atoms with Gasteiger partial charge in [-0.2, -0.15) is 0 Å². The number of rotatable bonds is 5. The van der Waals surface area contributed by atoms with Crippen molar-refractivity contribution in [2.75, 3.05) is 5.32 Å². The molecule has 0 aliphatic rings. The van der Waals surface area contributed by atoms with Crippen LogP contribution in [-0.4, -0.2) is 16.6 Å². The molecule has 0 aromatic carbocycles. The van der Waals surface area contributed by atoms with Crippen LogP contribution in [0.15, 0.2) is 24.5 Å². The zero-order valence-electron chi connectivity index (χ0n) is 10.8. The maximum Gasteiger partial charge on any atom is 0.319 e. The van der Waals surface area contributed by atoms with E-state index in [0.717, 1.165) is 19.3 Å². The Hall–Kier alpha value is -1.58. The topological polar surface area (TPSA) is 54.0 Å². The van der Waals surface area contributed by atoms with Gasteiger partial charge in [-0.15, -0.1) is 0 Å². The van der Waals surface area contributed by atoms with E-state index in [4.69, 9.17) is 0 Å². The molecule has 1 rings (SSSR count). The molecule has 0 aliphatic carbocycles. The van der Waals surface area contributed by atoms with Gasteiger partial charge in [0.05, 0.1) is 11.9 Å². The van der Waals surface area contributed by atoms with Gasteiger partial charge >= 0.3 is 6.03 Å². The summed E-state index contributed by atoms with van der Waals surface area (Å²) in [5.74, 6) is 0. The first kappa shape index (κ1) is 13.5. The van der Waals surface area contributed by atoms with Crippen molar-refractivity contribution in [3.05, 3.63) is 24.5 Å². The summed E-state index contributed by atoms with van der Waals surface area (Å²) in [5, 5.41) is 5.84. The van der Waals surface area contributed by atoms with Crippen molar-refractivity contribution in [3.8, 4) is 0 Å². The summed E-state index contributed by atoms with van der Waals surface area (Å²) in [5.41, 5.74) is 0.606. The van der Waals surface area contributed by atoms with Crippen molar-refractivity contribution in [1.29, 1.82) is 0 Å². The van der Waals surface area contributed by atoms with Crippen LogP contribution in [-0.2, 0) is 0 Å². The molecule has 4 nitrogen and oxygen atoms in total. The molecule has 17 heavy (non-hydrogen) atoms. The van der Waals surface area contributed by atoms with Gasteiger partial charge in [0.2, 0.25) is 0 Å². The first-order valence-corrected chi connectivity index (χ1v) is 6.15. The Morgan fingerprint density at radius 3 is 2.41 bits per heavy atom. The molecule has 2 N–H and O–H groups in total. The van der Waals surface area contributed by atoms with Crippen LogP contribution < -0.4 is 10.6 Å². The van der Waals surface area contributed by atoms with E-state index in [0.29, 0.717) is 5.69 Å². The van der Waals surface area contributed by atoms with Crippen molar-refractivity contribution in [2.24, 2.45) is 0 Å². The van der Waals surface area contributed by atoms with Crippen LogP contribution >= 0.6 is 0 Å². The van der Waals surface area contributed by atoms with E-state index in [2.05, 4.69) is 36.4 Å². The lowest BCUT2D eigenvalue weighted by Crippen LogP contribution is -2.48. The normalized spacial score (nSPS) is 11.0. The minimum Gasteiger partial charge on any atom is -0.332 e. The van der Waals surface area contributed by atoms with Crippen molar-refractivity contribution in [2.45, 2.75) is 45.6 Å². The number of nitrogens with one attached hydrogen (secondary N) is 2. The number of anilines is 1. The fourth-order valence-electron chi connectivity index (χ4n) is 1.86. The van der Waals surface area contributed by atoms with Crippen LogP contribution in [0.4, 0.5) is 10.5 Å². The van der Waals surface area contributed by atoms with Gasteiger partial charge in [0.15, 0.2) is 0 Å². The Morgan fingerprint density at radius 1 is 1.29 bits per heavy atom. The van der Waals surface area contributed by atoms with Crippen molar-refractivity contribution >= 4 is 11.7 Å². The summed E-state index contributed by atoms with van der Waals surface area (Å²) in [6, 6.07) is 3.45. The molecule has 1 heterocycles. The number of aromatic nitrogens is 1. The molecule has 0 atom stereocenters. The van der Waals surface area contributed by atoms with Crippen LogP contribution in [0.3, 0.4) is 0 Å². The first-order chi connectivity index (χ1) is 8.15. The highest BCUT2D eigenvalue weighted by atomic mass is 16.2. The number of hydrogen-bond donors (Lipinski definition) is 2. The summed E-state index contributed by atoms with van der Waals surface area (Å²) < 4.78 is 0. The highest BCUT2D eigenvalue weighted by molar-refractivity contribution is 5.89. The van der Waals surface area contributed by atoms with E-state index < -0.39 is 0 Å². The Bertz CT molecular complexity index is 339. The lowest BCUT2D eigenvalue weighted by Gasteiger charge is -2.31. The molecule has 0 saturated carbocycles. The van der Waals surface area contributed by atoms with Gasteiger partial charge < -0.3 is 10.6 Å². The monoisotopic (exact) mass is 235 g/mol. The van der Waals surface area contributed by atoms with E-state index in [1.165, 1.54) is 0 Å². The predicted octanol–water partition coefficient (Wildman–Crippen LogP) is 3.17. The molecule has 4 heteroatoms. The maximum atomic E-state index is 11.9. The fraction of sp³-hybridized carbons (Fsp3) is 0.538. The predicted molar refractivity (Wildman–Crippen MR) is 70.0 cm³/mol. The molecule has 94 valence electrons. The Balaban J connectivity index is 2.60. The van der Waals surface area contributed by atoms with Crippen molar-refractivity contribution in [1.82, 2.24) is 10.3 Å². The zero-order valence-corrected chi connectivity index (χ0v) is 10.8. The maximum absolute atomic E-state index is 11.9. The Kier molecular flexibility index (Phi) is 4.94. The third kappa shape index (κ3) is 3.73. The quantitative estimate of drug-likeness (QED) is 0.823. The largest absolute Gasteiger partial charge is 0.332 e. The van der Waals surface area contributed by atoms with Crippen LogP contribution in [0.1, 0.15) is 40.0 Å². The molecular formula is C13H21N3O. The summed E-state index contributed by atoms with van der Waals surface area (Å²) >= 11 is 0. The van der Waals surface area contributed by atoms with E-state index in [1.54, 1.807) is 18.5 Å². The van der Waals surface area contributed by atoms with Gasteiger partial charge in [0.25, 0.3) is 0 Å². The fourth-order valence-corrected chi connectivity index (χ4v) is 1.86. The lowest BCUT2D eigenvalue weighted by molar-refractivity contribution is 0.229. The van der Waals surface area contributed by atoms with Gasteiger partial charge in [0, 0.05) is 11.7 Å². The second-order valence-electron chi connectivity index (χ2n) is 4.16. The molecule has 2 amide bonds. The molecule has 1 aromatic heterocycles. The minimum absolute atomic E-state index is 0.105. The van der Waals surface area contributed by atoms with Crippen LogP contribution in [0, 0.1) is 0 Å². The van der Waals surface area contributed by atoms with Gasteiger partial charge in [-0.1, -0.05) is 20.8 Å². The second kappa shape index (κ2) is 6.23. The smallest absolute Gasteiger partial charge is 0.319 e. The Morgan fingerprint density at radius 2 is 1.94 bits per heavy atom. The summed E-state index contributed by atoms with van der Waals surface area (Å²) in [6.45, 7) is 6.28. The number of urea groups is 1. The lowest BCUT2D eigenvalue weighted by atomic mass is 9.90. The number of hydrogen-bond acceptors (Lipinski definition) is 2. The van der Waals surface area contributed by atoms with E-state index in [9.17, 15) is 4.79 Å². The van der Waals surface area contributed by atoms with Crippen molar-refractivity contribution < 1.29 is 4.79 Å². The number of carbonyl (C=O) groups excluding carboxylic acids is 1. The van der Waals surface area contributed by atoms with Crippen LogP contribution in [0.25, 0.3) is 0 Å². The van der Waals surface area contributed by atoms with E-state index in [1.807, 2.05) is 6.07 Å². The van der Waals surface area contributed by atoms with Crippen LogP contribution in [0.5, 0.6) is 0 Å². The third-order valence-corrected chi connectivity index (χ3v) is 3.33. The van der Waals surface area contributed by atoms with E-state index in [-0.39, 0.29) is 11.6 Å². The molecule has 1 aromatic rings. The zero-order chi connectivity index (χ0) is 12.7. The minimum atomic E-state index is -0.163. The summed E-state index contributed by atoms with van der Waals surface area (Å²) in [6.07, 6.45) is 6.10. The average molecular weight is 235 g/mol. The first-order valence-electron chi connectivity index (χ1n) is 6.15. The molecular weight excluding hydrogens is 214 g/mol. The molecule has 0 spiro atoms. The van der Waals surface area contributed by atoms with Gasteiger partial charge in [0.1, 0.15) is 0 Å². The standard InChI is InChI=1S/C13H21N3O/c1-4-13(5-2,6-3)16-12(17)15-11-8-7-9-14-10-11/h7-10H,4-6H2,1-3H3,(H2,15,16,17). The molecule has 0 fully saturated rings. The molecule has 0 bridgehead atoms. The van der Waals surface area contributed by atoms with Gasteiger partial charge in [-0.05, 0) is 31.4 Å². The summed E-state index contributed by atoms with van der Waals surface area (Å²) in [7, 11) is 0. The number of nitrogens with zero attached hydrogens (tertiary/aromatic N) is 1. The second-order valence-corrected chi connectivity index (χ2v) is 4.16. The number of amides is 2. The van der Waals surface area contributed by atoms with Crippen LogP contribution in [0.2, 0.25) is 0 Å². The summed E-state index contributed by atoms with van der Waals surface area (Å²) in [4.78, 5) is 15.8. The van der Waals surface area contributed by atoms with Gasteiger partial charge in [-0.3, -0.25) is 4.98 Å². The highest BCUT2D eigenvalue weighted by Crippen LogP contribution is 2.19. The van der Waals surface area contributed by atoms with Gasteiger partial charge in [-0.25, -0.2) is 4.79 Å². The average Bonchev–Trinajstić information content (AvgIpc) is 2.37. The molecule has 0 radical (unpaired) electrons. The molecule has 0 saturated heterocycles. The SMILES string of the molecule is CCC(CC)(CC)NC(=O)Nc1cccnc1. The van der Waals surface area contributed by atoms with Crippen molar-refractivity contribution in [3.63, 3.8) is 0 Å².